The summed E-state index contributed by atoms with van der Waals surface area (Å²) in [7, 11) is 0. The molecular formula is C10H20N2O2. The van der Waals surface area contributed by atoms with Gasteiger partial charge in [-0.2, -0.15) is 0 Å². The molecular weight excluding hydrogens is 180 g/mol. The molecule has 0 bridgehead atoms. The number of hydrogen-bond acceptors (Lipinski definition) is 3. The fourth-order valence-electron chi connectivity index (χ4n) is 1.61. The van der Waals surface area contributed by atoms with Gasteiger partial charge in [0.05, 0.1) is 0 Å². The SMILES string of the molecule is C[C@H](CN)NC(=O)CC1CCOCC1. The largest absolute Gasteiger partial charge is 0.381 e. The second-order valence-corrected chi connectivity index (χ2v) is 3.96. The van der Waals surface area contributed by atoms with Gasteiger partial charge >= 0.3 is 0 Å². The molecule has 1 saturated heterocycles. The van der Waals surface area contributed by atoms with Crippen molar-refractivity contribution >= 4 is 5.91 Å². The van der Waals surface area contributed by atoms with Crippen LogP contribution in [0.5, 0.6) is 0 Å². The fourth-order valence-corrected chi connectivity index (χ4v) is 1.61. The second kappa shape index (κ2) is 5.98. The normalized spacial score (nSPS) is 20.4. The minimum atomic E-state index is 0.0855. The number of carbonyl (C=O) groups is 1. The van der Waals surface area contributed by atoms with Gasteiger partial charge in [0.15, 0.2) is 0 Å². The van der Waals surface area contributed by atoms with Crippen LogP contribution < -0.4 is 11.1 Å². The Kier molecular flexibility index (Phi) is 4.90. The molecule has 0 aromatic rings. The van der Waals surface area contributed by atoms with Crippen LogP contribution in [0.3, 0.4) is 0 Å². The number of ether oxygens (including phenoxy) is 1. The zero-order chi connectivity index (χ0) is 10.4. The lowest BCUT2D eigenvalue weighted by atomic mass is 9.96. The summed E-state index contributed by atoms with van der Waals surface area (Å²) in [5.41, 5.74) is 5.42. The van der Waals surface area contributed by atoms with Crippen LogP contribution in [0.4, 0.5) is 0 Å². The molecule has 0 aliphatic carbocycles. The summed E-state index contributed by atoms with van der Waals surface area (Å²) in [4.78, 5) is 11.5. The molecule has 4 heteroatoms. The van der Waals surface area contributed by atoms with Crippen molar-refractivity contribution in [3.05, 3.63) is 0 Å². The first kappa shape index (κ1) is 11.5. The molecule has 0 unspecified atom stereocenters. The van der Waals surface area contributed by atoms with Crippen molar-refractivity contribution in [2.75, 3.05) is 19.8 Å². The molecule has 1 rings (SSSR count). The zero-order valence-corrected chi connectivity index (χ0v) is 8.79. The molecule has 1 aliphatic heterocycles. The van der Waals surface area contributed by atoms with Gasteiger partial charge in [-0.15, -0.1) is 0 Å². The van der Waals surface area contributed by atoms with Crippen molar-refractivity contribution in [2.45, 2.75) is 32.2 Å². The minimum absolute atomic E-state index is 0.0855. The Morgan fingerprint density at radius 1 is 1.57 bits per heavy atom. The number of nitrogens with one attached hydrogen (secondary N) is 1. The van der Waals surface area contributed by atoms with Crippen LogP contribution in [-0.2, 0) is 9.53 Å². The molecule has 3 N–H and O–H groups in total. The average Bonchev–Trinajstić information content (AvgIpc) is 2.19. The number of carbonyl (C=O) groups excluding carboxylic acids is 1. The van der Waals surface area contributed by atoms with Crippen molar-refractivity contribution in [2.24, 2.45) is 11.7 Å². The highest BCUT2D eigenvalue weighted by Gasteiger charge is 2.17. The highest BCUT2D eigenvalue weighted by molar-refractivity contribution is 5.76. The summed E-state index contributed by atoms with van der Waals surface area (Å²) in [6.07, 6.45) is 2.63. The lowest BCUT2D eigenvalue weighted by Crippen LogP contribution is -2.39. The van der Waals surface area contributed by atoms with Crippen molar-refractivity contribution in [3.8, 4) is 0 Å². The van der Waals surface area contributed by atoms with Crippen LogP contribution in [-0.4, -0.2) is 31.7 Å². The zero-order valence-electron chi connectivity index (χ0n) is 8.79. The first-order chi connectivity index (χ1) is 6.72. The maximum Gasteiger partial charge on any atom is 0.220 e. The van der Waals surface area contributed by atoms with Crippen molar-refractivity contribution in [1.29, 1.82) is 0 Å². The first-order valence-electron chi connectivity index (χ1n) is 5.29. The number of rotatable bonds is 4. The highest BCUT2D eigenvalue weighted by atomic mass is 16.5. The summed E-state index contributed by atoms with van der Waals surface area (Å²) in [6, 6.07) is 0.0855. The lowest BCUT2D eigenvalue weighted by Gasteiger charge is -2.22. The third kappa shape index (κ3) is 4.07. The Morgan fingerprint density at radius 3 is 2.79 bits per heavy atom. The van der Waals surface area contributed by atoms with Crippen molar-refractivity contribution < 1.29 is 9.53 Å². The van der Waals surface area contributed by atoms with Gasteiger partial charge < -0.3 is 15.8 Å². The van der Waals surface area contributed by atoms with E-state index in [2.05, 4.69) is 5.32 Å². The monoisotopic (exact) mass is 200 g/mol. The Hall–Kier alpha value is -0.610. The summed E-state index contributed by atoms with van der Waals surface area (Å²) in [5, 5.41) is 2.87. The quantitative estimate of drug-likeness (QED) is 0.684. The van der Waals surface area contributed by atoms with Gasteiger partial charge in [-0.25, -0.2) is 0 Å². The van der Waals surface area contributed by atoms with E-state index in [4.69, 9.17) is 10.5 Å². The number of amides is 1. The van der Waals surface area contributed by atoms with E-state index in [0.29, 0.717) is 18.9 Å². The smallest absolute Gasteiger partial charge is 0.220 e. The second-order valence-electron chi connectivity index (χ2n) is 3.96. The van der Waals surface area contributed by atoms with Crippen molar-refractivity contribution in [3.63, 3.8) is 0 Å². The highest BCUT2D eigenvalue weighted by Crippen LogP contribution is 2.17. The molecule has 14 heavy (non-hydrogen) atoms. The molecule has 0 aromatic heterocycles. The Bertz CT molecular complexity index is 179. The summed E-state index contributed by atoms with van der Waals surface area (Å²) in [6.45, 7) is 4.01. The van der Waals surface area contributed by atoms with Crippen LogP contribution in [0.1, 0.15) is 26.2 Å². The van der Waals surface area contributed by atoms with Gasteiger partial charge in [0, 0.05) is 32.2 Å². The summed E-state index contributed by atoms with van der Waals surface area (Å²) < 4.78 is 5.23. The van der Waals surface area contributed by atoms with E-state index in [9.17, 15) is 4.79 Å². The van der Waals surface area contributed by atoms with Gasteiger partial charge in [0.2, 0.25) is 5.91 Å². The molecule has 1 atom stereocenters. The molecule has 82 valence electrons. The molecule has 0 saturated carbocycles. The average molecular weight is 200 g/mol. The molecule has 1 aliphatic rings. The third-order valence-electron chi connectivity index (χ3n) is 2.58. The molecule has 0 aromatic carbocycles. The van der Waals surface area contributed by atoms with E-state index < -0.39 is 0 Å². The fraction of sp³-hybridized carbons (Fsp3) is 0.900. The summed E-state index contributed by atoms with van der Waals surface area (Å²) >= 11 is 0. The third-order valence-corrected chi connectivity index (χ3v) is 2.58. The topological polar surface area (TPSA) is 64.3 Å². The molecule has 1 heterocycles. The maximum atomic E-state index is 11.5. The Morgan fingerprint density at radius 2 is 2.21 bits per heavy atom. The van der Waals surface area contributed by atoms with E-state index >= 15 is 0 Å². The van der Waals surface area contributed by atoms with Crippen LogP contribution in [0.2, 0.25) is 0 Å². The predicted octanol–water partition coefficient (Wildman–Crippen LogP) is 0.267. The first-order valence-corrected chi connectivity index (χ1v) is 5.29. The van der Waals surface area contributed by atoms with Crippen molar-refractivity contribution in [1.82, 2.24) is 5.32 Å². The van der Waals surface area contributed by atoms with Crippen LogP contribution in [0, 0.1) is 5.92 Å². The summed E-state index contributed by atoms with van der Waals surface area (Å²) in [5.74, 6) is 0.614. The molecule has 1 amide bonds. The van der Waals surface area contributed by atoms with E-state index in [1.807, 2.05) is 6.92 Å². The van der Waals surface area contributed by atoms with Gasteiger partial charge in [0.25, 0.3) is 0 Å². The van der Waals surface area contributed by atoms with E-state index in [0.717, 1.165) is 26.1 Å². The Labute approximate surface area is 85.2 Å². The van der Waals surface area contributed by atoms with Crippen LogP contribution in [0.25, 0.3) is 0 Å². The van der Waals surface area contributed by atoms with Gasteiger partial charge in [-0.3, -0.25) is 4.79 Å². The Balaban J connectivity index is 2.18. The lowest BCUT2D eigenvalue weighted by molar-refractivity contribution is -0.123. The van der Waals surface area contributed by atoms with E-state index in [-0.39, 0.29) is 11.9 Å². The van der Waals surface area contributed by atoms with Crippen LogP contribution >= 0.6 is 0 Å². The number of hydrogen-bond donors (Lipinski definition) is 2. The number of nitrogens with two attached hydrogens (primary N) is 1. The van der Waals surface area contributed by atoms with Gasteiger partial charge in [-0.1, -0.05) is 0 Å². The predicted molar refractivity (Wildman–Crippen MR) is 54.8 cm³/mol. The van der Waals surface area contributed by atoms with Crippen LogP contribution in [0.15, 0.2) is 0 Å². The van der Waals surface area contributed by atoms with Gasteiger partial charge in [0.1, 0.15) is 0 Å². The molecule has 0 spiro atoms. The van der Waals surface area contributed by atoms with E-state index in [1.165, 1.54) is 0 Å². The maximum absolute atomic E-state index is 11.5. The molecule has 1 fully saturated rings. The van der Waals surface area contributed by atoms with E-state index in [1.54, 1.807) is 0 Å². The minimum Gasteiger partial charge on any atom is -0.381 e. The van der Waals surface area contributed by atoms with Gasteiger partial charge in [-0.05, 0) is 25.7 Å². The molecule has 4 nitrogen and oxygen atoms in total. The standard InChI is InChI=1S/C10H20N2O2/c1-8(7-11)12-10(13)6-9-2-4-14-5-3-9/h8-9H,2-7,11H2,1H3,(H,12,13)/t8-/m1/s1. The molecule has 0 radical (unpaired) electrons.